The van der Waals surface area contributed by atoms with Gasteiger partial charge in [-0.15, -0.1) is 0 Å². The molecule has 0 aromatic heterocycles. The van der Waals surface area contributed by atoms with Gasteiger partial charge in [0.05, 0.1) is 12.5 Å². The summed E-state index contributed by atoms with van der Waals surface area (Å²) >= 11 is 5.04. The van der Waals surface area contributed by atoms with Crippen LogP contribution >= 0.6 is 12.2 Å². The Morgan fingerprint density at radius 1 is 1.50 bits per heavy atom. The summed E-state index contributed by atoms with van der Waals surface area (Å²) in [4.78, 5) is 12.4. The molecule has 0 bridgehead atoms. The first kappa shape index (κ1) is 12.3. The molecule has 1 aromatic rings. The SMILES string of the molecule is CC(=S)c1cccc(C(=O)NCCC#N)c1. The lowest BCUT2D eigenvalue weighted by Gasteiger charge is -2.04. The molecule has 3 nitrogen and oxygen atoms in total. The smallest absolute Gasteiger partial charge is 0.251 e. The van der Waals surface area contributed by atoms with E-state index in [1.165, 1.54) is 0 Å². The van der Waals surface area contributed by atoms with Gasteiger partial charge in [-0.25, -0.2) is 0 Å². The van der Waals surface area contributed by atoms with Crippen LogP contribution in [0.4, 0.5) is 0 Å². The van der Waals surface area contributed by atoms with Crippen LogP contribution in [0.3, 0.4) is 0 Å². The number of carbonyl (C=O) groups excluding carboxylic acids is 1. The highest BCUT2D eigenvalue weighted by Crippen LogP contribution is 2.06. The molecule has 0 heterocycles. The van der Waals surface area contributed by atoms with Crippen LogP contribution in [0.5, 0.6) is 0 Å². The van der Waals surface area contributed by atoms with Gasteiger partial charge in [-0.1, -0.05) is 24.4 Å². The summed E-state index contributed by atoms with van der Waals surface area (Å²) in [7, 11) is 0. The minimum absolute atomic E-state index is 0.173. The average molecular weight is 232 g/mol. The maximum Gasteiger partial charge on any atom is 0.251 e. The number of rotatable bonds is 4. The van der Waals surface area contributed by atoms with Gasteiger partial charge >= 0.3 is 0 Å². The summed E-state index contributed by atoms with van der Waals surface area (Å²) in [6.45, 7) is 2.19. The normalized spacial score (nSPS) is 9.25. The van der Waals surface area contributed by atoms with Gasteiger partial charge in [0, 0.05) is 17.0 Å². The molecule has 1 rings (SSSR count). The lowest BCUT2D eigenvalue weighted by molar-refractivity contribution is 0.0954. The van der Waals surface area contributed by atoms with Crippen molar-refractivity contribution in [2.45, 2.75) is 13.3 Å². The number of carbonyl (C=O) groups is 1. The Hall–Kier alpha value is -1.73. The minimum Gasteiger partial charge on any atom is -0.351 e. The predicted octanol–water partition coefficient (Wildman–Crippen LogP) is 2.07. The number of nitrogens with one attached hydrogen (secondary N) is 1. The Kier molecular flexibility index (Phi) is 4.62. The molecule has 0 aliphatic carbocycles. The predicted molar refractivity (Wildman–Crippen MR) is 66.4 cm³/mol. The van der Waals surface area contributed by atoms with Crippen molar-refractivity contribution in [1.29, 1.82) is 5.26 Å². The molecule has 1 amide bonds. The van der Waals surface area contributed by atoms with Gasteiger partial charge in [0.25, 0.3) is 5.91 Å². The number of nitriles is 1. The Morgan fingerprint density at radius 2 is 2.19 bits per heavy atom. The summed E-state index contributed by atoms with van der Waals surface area (Å²) in [5, 5.41) is 11.0. The van der Waals surface area contributed by atoms with E-state index in [4.69, 9.17) is 17.5 Å². The van der Waals surface area contributed by atoms with Crippen molar-refractivity contribution in [1.82, 2.24) is 5.32 Å². The average Bonchev–Trinajstić information content (AvgIpc) is 2.29. The second kappa shape index (κ2) is 5.99. The van der Waals surface area contributed by atoms with Crippen molar-refractivity contribution in [3.8, 4) is 6.07 Å². The second-order valence-electron chi connectivity index (χ2n) is 3.30. The summed E-state index contributed by atoms with van der Waals surface area (Å²) < 4.78 is 0. The third kappa shape index (κ3) is 3.44. The molecule has 4 heteroatoms. The highest BCUT2D eigenvalue weighted by molar-refractivity contribution is 7.80. The van der Waals surface area contributed by atoms with E-state index in [2.05, 4.69) is 5.32 Å². The molecule has 82 valence electrons. The van der Waals surface area contributed by atoms with Crippen LogP contribution in [0.1, 0.15) is 29.3 Å². The Balaban J connectivity index is 2.73. The van der Waals surface area contributed by atoms with Crippen molar-refractivity contribution in [2.24, 2.45) is 0 Å². The number of hydrogen-bond acceptors (Lipinski definition) is 3. The fraction of sp³-hybridized carbons (Fsp3) is 0.250. The van der Waals surface area contributed by atoms with Crippen LogP contribution in [0.2, 0.25) is 0 Å². The third-order valence-corrected chi connectivity index (χ3v) is 2.29. The molecule has 0 radical (unpaired) electrons. The summed E-state index contributed by atoms with van der Waals surface area (Å²) in [5.41, 5.74) is 1.45. The standard InChI is InChI=1S/C12H12N2OS/c1-9(16)10-4-2-5-11(8-10)12(15)14-7-3-6-13/h2,4-5,8H,3,7H2,1H3,(H,14,15). The van der Waals surface area contributed by atoms with Gasteiger partial charge in [-0.2, -0.15) is 5.26 Å². The van der Waals surface area contributed by atoms with E-state index in [1.54, 1.807) is 18.2 Å². The van der Waals surface area contributed by atoms with Crippen molar-refractivity contribution in [3.05, 3.63) is 35.4 Å². The first-order valence-corrected chi connectivity index (χ1v) is 5.32. The monoisotopic (exact) mass is 232 g/mol. The van der Waals surface area contributed by atoms with Gasteiger partial charge in [0.1, 0.15) is 0 Å². The Morgan fingerprint density at radius 3 is 2.81 bits per heavy atom. The first-order valence-electron chi connectivity index (χ1n) is 4.91. The van der Waals surface area contributed by atoms with Crippen LogP contribution in [-0.4, -0.2) is 17.3 Å². The summed E-state index contributed by atoms with van der Waals surface area (Å²) in [6.07, 6.45) is 0.317. The molecular formula is C12H12N2OS. The largest absolute Gasteiger partial charge is 0.351 e. The molecule has 0 fully saturated rings. The molecule has 0 unspecified atom stereocenters. The van der Waals surface area contributed by atoms with Gasteiger partial charge in [-0.05, 0) is 24.6 Å². The van der Waals surface area contributed by atoms with E-state index in [0.717, 1.165) is 10.4 Å². The molecule has 0 atom stereocenters. The fourth-order valence-corrected chi connectivity index (χ4v) is 1.34. The molecule has 0 aliphatic heterocycles. The van der Waals surface area contributed by atoms with Gasteiger partial charge in [-0.3, -0.25) is 4.79 Å². The van der Waals surface area contributed by atoms with E-state index in [0.29, 0.717) is 18.5 Å². The minimum atomic E-state index is -0.173. The topological polar surface area (TPSA) is 52.9 Å². The summed E-state index contributed by atoms with van der Waals surface area (Å²) in [5.74, 6) is -0.173. The number of benzene rings is 1. The Bertz CT molecular complexity index is 449. The van der Waals surface area contributed by atoms with Gasteiger partial charge in [0.2, 0.25) is 0 Å². The Labute approximate surface area is 100 Å². The maximum atomic E-state index is 11.6. The molecule has 0 saturated carbocycles. The van der Waals surface area contributed by atoms with Crippen LogP contribution in [0, 0.1) is 11.3 Å². The summed E-state index contributed by atoms with van der Waals surface area (Å²) in [6, 6.07) is 9.11. The molecule has 0 saturated heterocycles. The third-order valence-electron chi connectivity index (χ3n) is 2.05. The molecule has 0 aliphatic rings. The van der Waals surface area contributed by atoms with Crippen molar-refractivity contribution < 1.29 is 4.79 Å². The lowest BCUT2D eigenvalue weighted by Crippen LogP contribution is -2.24. The van der Waals surface area contributed by atoms with Crippen molar-refractivity contribution >= 4 is 23.0 Å². The fourth-order valence-electron chi connectivity index (χ4n) is 1.21. The van der Waals surface area contributed by atoms with Gasteiger partial charge < -0.3 is 5.32 Å². The van der Waals surface area contributed by atoms with Gasteiger partial charge in [0.15, 0.2) is 0 Å². The quantitative estimate of drug-likeness (QED) is 0.491. The van der Waals surface area contributed by atoms with E-state index >= 15 is 0 Å². The van der Waals surface area contributed by atoms with Crippen molar-refractivity contribution in [3.63, 3.8) is 0 Å². The molecule has 16 heavy (non-hydrogen) atoms. The van der Waals surface area contributed by atoms with E-state index < -0.39 is 0 Å². The number of amides is 1. The number of hydrogen-bond donors (Lipinski definition) is 1. The lowest BCUT2D eigenvalue weighted by atomic mass is 10.1. The first-order chi connectivity index (χ1) is 7.65. The van der Waals surface area contributed by atoms with E-state index in [-0.39, 0.29) is 5.91 Å². The maximum absolute atomic E-state index is 11.6. The highest BCUT2D eigenvalue weighted by Gasteiger charge is 2.05. The zero-order valence-corrected chi connectivity index (χ0v) is 9.80. The zero-order valence-electron chi connectivity index (χ0n) is 8.99. The number of nitrogens with zero attached hydrogens (tertiary/aromatic N) is 1. The van der Waals surface area contributed by atoms with Crippen molar-refractivity contribution in [2.75, 3.05) is 6.54 Å². The highest BCUT2D eigenvalue weighted by atomic mass is 32.1. The zero-order chi connectivity index (χ0) is 12.0. The van der Waals surface area contributed by atoms with E-state index in [9.17, 15) is 4.79 Å². The van der Waals surface area contributed by atoms with Crippen LogP contribution in [0.25, 0.3) is 0 Å². The molecule has 1 N–H and O–H groups in total. The molecule has 1 aromatic carbocycles. The van der Waals surface area contributed by atoms with Crippen LogP contribution in [0.15, 0.2) is 24.3 Å². The van der Waals surface area contributed by atoms with E-state index in [1.807, 2.05) is 19.1 Å². The second-order valence-corrected chi connectivity index (χ2v) is 3.91. The number of thiocarbonyl (C=S) groups is 1. The molecular weight excluding hydrogens is 220 g/mol. The van der Waals surface area contributed by atoms with Crippen LogP contribution in [-0.2, 0) is 0 Å². The van der Waals surface area contributed by atoms with Crippen LogP contribution < -0.4 is 5.32 Å². The molecule has 0 spiro atoms.